The Bertz CT molecular complexity index is 1220. The first-order valence-electron chi connectivity index (χ1n) is 11.1. The highest BCUT2D eigenvalue weighted by atomic mass is 127. The van der Waals surface area contributed by atoms with Crippen LogP contribution in [-0.2, 0) is 36.9 Å². The van der Waals surface area contributed by atoms with E-state index in [9.17, 15) is 18.0 Å². The smallest absolute Gasteiger partial charge is 0.420 e. The summed E-state index contributed by atoms with van der Waals surface area (Å²) in [5, 5.41) is 0. The van der Waals surface area contributed by atoms with Crippen LogP contribution < -0.4 is 0 Å². The molecule has 0 bridgehead atoms. The Kier molecular flexibility index (Phi) is 14.0. The molecule has 38 heavy (non-hydrogen) atoms. The molecule has 0 saturated carbocycles. The molecule has 0 spiro atoms. The Morgan fingerprint density at radius 3 is 1.61 bits per heavy atom. The van der Waals surface area contributed by atoms with Crippen LogP contribution >= 0.6 is 77.0 Å². The zero-order chi connectivity index (χ0) is 29.5. The Balaban J connectivity index is 0.000000437. The minimum Gasteiger partial charge on any atom is -0.443 e. The molecule has 0 atom stereocenters. The summed E-state index contributed by atoms with van der Waals surface area (Å²) in [7, 11) is -3.38. The van der Waals surface area contributed by atoms with Crippen LogP contribution in [-0.4, -0.2) is 43.0 Å². The number of ether oxygens (including phenoxy) is 2. The summed E-state index contributed by atoms with van der Waals surface area (Å²) in [5.74, 6) is 0. The van der Waals surface area contributed by atoms with Gasteiger partial charge in [0.15, 0.2) is 0 Å². The molecule has 0 aromatic heterocycles. The van der Waals surface area contributed by atoms with Crippen molar-refractivity contribution in [2.24, 2.45) is 0 Å². The van der Waals surface area contributed by atoms with Gasteiger partial charge in [0.05, 0.1) is 19.4 Å². The number of benzene rings is 2. The standard InChI is InChI=1S/C17H23BrINO4.C8H8BrIO3S/c1-16(2,3)23-14(21)20(15(22)24-17(4,5)6)10-11-9-12(19)7-8-13(11)18;1-14(11,12)13-5-6-4-7(10)2-3-8(6)9/h7-9H,10H2,1-6H3;2-4H,5H2,1H3. The fraction of sp³-hybridized carbons (Fsp3) is 0.440. The molecule has 0 aliphatic carbocycles. The minimum atomic E-state index is -3.38. The van der Waals surface area contributed by atoms with Crippen LogP contribution in [0.5, 0.6) is 0 Å². The summed E-state index contributed by atoms with van der Waals surface area (Å²) in [5.41, 5.74) is 0.195. The third kappa shape index (κ3) is 14.8. The third-order valence-corrected chi connectivity index (χ3v) is 7.44. The lowest BCUT2D eigenvalue weighted by Crippen LogP contribution is -2.43. The molecule has 2 amide bonds. The van der Waals surface area contributed by atoms with Gasteiger partial charge in [-0.3, -0.25) is 4.18 Å². The van der Waals surface area contributed by atoms with Crippen molar-refractivity contribution in [2.45, 2.75) is 65.9 Å². The molecule has 0 unspecified atom stereocenters. The number of halogens is 4. The van der Waals surface area contributed by atoms with Gasteiger partial charge in [-0.2, -0.15) is 8.42 Å². The van der Waals surface area contributed by atoms with Crippen LogP contribution in [0.4, 0.5) is 9.59 Å². The summed E-state index contributed by atoms with van der Waals surface area (Å²) < 4.78 is 40.6. The van der Waals surface area contributed by atoms with Gasteiger partial charge in [-0.15, -0.1) is 0 Å². The molecular weight excluding hydrogens is 872 g/mol. The third-order valence-electron chi connectivity index (χ3n) is 4.00. The Hall–Kier alpha value is -0.490. The van der Waals surface area contributed by atoms with Gasteiger partial charge >= 0.3 is 12.2 Å². The Morgan fingerprint density at radius 1 is 0.816 bits per heavy atom. The first-order valence-corrected chi connectivity index (χ1v) is 16.7. The average Bonchev–Trinajstić information content (AvgIpc) is 2.72. The predicted molar refractivity (Wildman–Crippen MR) is 171 cm³/mol. The van der Waals surface area contributed by atoms with Crippen LogP contribution in [0.3, 0.4) is 0 Å². The monoisotopic (exact) mass is 901 g/mol. The minimum absolute atomic E-state index is 0.0568. The topological polar surface area (TPSA) is 99.2 Å². The number of rotatable bonds is 5. The lowest BCUT2D eigenvalue weighted by Gasteiger charge is -2.28. The van der Waals surface area contributed by atoms with Gasteiger partial charge in [-0.1, -0.05) is 31.9 Å². The largest absolute Gasteiger partial charge is 0.443 e. The zero-order valence-electron chi connectivity index (χ0n) is 22.1. The highest BCUT2D eigenvalue weighted by molar-refractivity contribution is 14.1. The first-order chi connectivity index (χ1) is 17.2. The molecule has 212 valence electrons. The molecule has 0 aliphatic heterocycles. The van der Waals surface area contributed by atoms with Crippen LogP contribution in [0.1, 0.15) is 52.7 Å². The van der Waals surface area contributed by atoms with Crippen molar-refractivity contribution < 1.29 is 31.7 Å². The maximum atomic E-state index is 12.5. The maximum absolute atomic E-state index is 12.5. The van der Waals surface area contributed by atoms with E-state index in [1.807, 2.05) is 36.4 Å². The van der Waals surface area contributed by atoms with Gasteiger partial charge in [0.2, 0.25) is 0 Å². The SMILES string of the molecule is CC(C)(C)OC(=O)N(Cc1cc(I)ccc1Br)C(=O)OC(C)(C)C.CS(=O)(=O)OCc1cc(I)ccc1Br. The predicted octanol–water partition coefficient (Wildman–Crippen LogP) is 8.26. The van der Waals surface area contributed by atoms with Gasteiger partial charge in [-0.25, -0.2) is 14.5 Å². The summed E-state index contributed by atoms with van der Waals surface area (Å²) in [6.07, 6.45) is -0.431. The van der Waals surface area contributed by atoms with Crippen molar-refractivity contribution in [3.63, 3.8) is 0 Å². The molecule has 0 fully saturated rings. The summed E-state index contributed by atoms with van der Waals surface area (Å²) >= 11 is 11.1. The van der Waals surface area contributed by atoms with Crippen molar-refractivity contribution in [3.8, 4) is 0 Å². The lowest BCUT2D eigenvalue weighted by molar-refractivity contribution is -0.000294. The number of hydrogen-bond donors (Lipinski definition) is 0. The Labute approximate surface area is 269 Å². The number of nitrogens with zero attached hydrogens (tertiary/aromatic N) is 1. The number of carbonyl (C=O) groups is 2. The van der Waals surface area contributed by atoms with Gasteiger partial charge in [0, 0.05) is 16.1 Å². The molecule has 8 nitrogen and oxygen atoms in total. The highest BCUT2D eigenvalue weighted by Gasteiger charge is 2.31. The molecule has 13 heteroatoms. The first kappa shape index (κ1) is 35.5. The van der Waals surface area contributed by atoms with E-state index in [0.29, 0.717) is 0 Å². The number of carbonyl (C=O) groups excluding carboxylic acids is 2. The van der Waals surface area contributed by atoms with E-state index in [2.05, 4.69) is 77.0 Å². The molecule has 2 aromatic carbocycles. The molecule has 0 saturated heterocycles. The Morgan fingerprint density at radius 2 is 1.21 bits per heavy atom. The van der Waals surface area contributed by atoms with E-state index in [0.717, 1.165) is 38.4 Å². The van der Waals surface area contributed by atoms with Crippen LogP contribution in [0.2, 0.25) is 0 Å². The molecule has 0 aliphatic rings. The molecule has 2 aromatic rings. The van der Waals surface area contributed by atoms with Crippen molar-refractivity contribution in [1.29, 1.82) is 0 Å². The van der Waals surface area contributed by atoms with Crippen LogP contribution in [0, 0.1) is 7.14 Å². The summed E-state index contributed by atoms with van der Waals surface area (Å²) in [4.78, 5) is 25.9. The summed E-state index contributed by atoms with van der Waals surface area (Å²) in [6, 6.07) is 11.4. The van der Waals surface area contributed by atoms with E-state index in [-0.39, 0.29) is 13.2 Å². The van der Waals surface area contributed by atoms with Crippen molar-refractivity contribution >= 4 is 99.3 Å². The van der Waals surface area contributed by atoms with E-state index in [4.69, 9.17) is 13.7 Å². The molecule has 0 radical (unpaired) electrons. The highest BCUT2D eigenvalue weighted by Crippen LogP contribution is 2.24. The van der Waals surface area contributed by atoms with Crippen molar-refractivity contribution in [1.82, 2.24) is 4.90 Å². The van der Waals surface area contributed by atoms with Crippen LogP contribution in [0.15, 0.2) is 45.3 Å². The van der Waals surface area contributed by atoms with Crippen molar-refractivity contribution in [2.75, 3.05) is 6.26 Å². The summed E-state index contributed by atoms with van der Waals surface area (Å²) in [6.45, 7) is 10.6. The number of hydrogen-bond acceptors (Lipinski definition) is 7. The van der Waals surface area contributed by atoms with Gasteiger partial charge in [0.1, 0.15) is 11.2 Å². The van der Waals surface area contributed by atoms with E-state index < -0.39 is 33.5 Å². The van der Waals surface area contributed by atoms with E-state index >= 15 is 0 Å². The van der Waals surface area contributed by atoms with Crippen molar-refractivity contribution in [3.05, 3.63) is 63.6 Å². The average molecular weight is 903 g/mol. The normalized spacial score (nSPS) is 11.8. The fourth-order valence-corrected chi connectivity index (χ4v) is 4.68. The van der Waals surface area contributed by atoms with Gasteiger partial charge in [0.25, 0.3) is 10.1 Å². The van der Waals surface area contributed by atoms with E-state index in [1.165, 1.54) is 0 Å². The van der Waals surface area contributed by atoms with E-state index in [1.54, 1.807) is 41.5 Å². The zero-order valence-corrected chi connectivity index (χ0v) is 30.4. The molecule has 0 heterocycles. The second-order valence-corrected chi connectivity index (χ2v) is 15.8. The molecular formula is C25H31Br2I2NO7S. The van der Waals surface area contributed by atoms with Crippen LogP contribution in [0.25, 0.3) is 0 Å². The second kappa shape index (κ2) is 14.9. The lowest BCUT2D eigenvalue weighted by atomic mass is 10.2. The molecule has 2 rings (SSSR count). The second-order valence-electron chi connectivity index (χ2n) is 9.98. The van der Waals surface area contributed by atoms with Gasteiger partial charge < -0.3 is 9.47 Å². The number of amides is 2. The number of imide groups is 1. The molecule has 0 N–H and O–H groups in total. The maximum Gasteiger partial charge on any atom is 0.420 e. The fourth-order valence-electron chi connectivity index (χ4n) is 2.50. The quantitative estimate of drug-likeness (QED) is 0.220. The van der Waals surface area contributed by atoms with Gasteiger partial charge in [-0.05, 0) is 134 Å².